The first-order valence-corrected chi connectivity index (χ1v) is 6.38. The Morgan fingerprint density at radius 3 is 2.59 bits per heavy atom. The maximum Gasteiger partial charge on any atom is 0.139 e. The molecule has 0 bridgehead atoms. The minimum atomic E-state index is 0.644. The van der Waals surface area contributed by atoms with Crippen LogP contribution in [0.1, 0.15) is 24.5 Å². The first-order chi connectivity index (χ1) is 8.22. The molecule has 4 heteroatoms. The van der Waals surface area contributed by atoms with E-state index in [2.05, 4.69) is 9.97 Å². The summed E-state index contributed by atoms with van der Waals surface area (Å²) in [6, 6.07) is 9.59. The molecule has 1 saturated carbocycles. The minimum absolute atomic E-state index is 0.644. The van der Waals surface area contributed by atoms with Gasteiger partial charge in [0.25, 0.3) is 0 Å². The number of hydrogen-bond donors (Lipinski definition) is 1. The molecule has 1 aromatic heterocycles. The third kappa shape index (κ3) is 2.40. The van der Waals surface area contributed by atoms with Crippen molar-refractivity contribution in [3.05, 3.63) is 45.7 Å². The van der Waals surface area contributed by atoms with E-state index in [9.17, 15) is 0 Å². The monoisotopic (exact) mass is 262 g/mol. The lowest BCUT2D eigenvalue weighted by Gasteiger charge is -2.05. The van der Waals surface area contributed by atoms with Gasteiger partial charge in [-0.2, -0.15) is 0 Å². The van der Waals surface area contributed by atoms with Gasteiger partial charge in [-0.15, -0.1) is 0 Å². The Morgan fingerprint density at radius 1 is 1.24 bits per heavy atom. The van der Waals surface area contributed by atoms with E-state index in [4.69, 9.17) is 23.8 Å². The lowest BCUT2D eigenvalue weighted by molar-refractivity contribution is 0.988. The van der Waals surface area contributed by atoms with Crippen LogP contribution in [-0.2, 0) is 0 Å². The topological polar surface area (TPSA) is 28.7 Å². The predicted molar refractivity (Wildman–Crippen MR) is 71.8 cm³/mol. The molecule has 0 unspecified atom stereocenters. The predicted octanol–water partition coefficient (Wildman–Crippen LogP) is 4.34. The van der Waals surface area contributed by atoms with Crippen LogP contribution in [0.3, 0.4) is 0 Å². The third-order valence-corrected chi connectivity index (χ3v) is 3.36. The second-order valence-corrected chi connectivity index (χ2v) is 5.16. The Kier molecular flexibility index (Phi) is 2.73. The molecule has 0 saturated heterocycles. The molecule has 1 N–H and O–H groups in total. The fourth-order valence-corrected chi connectivity index (χ4v) is 2.18. The Morgan fingerprint density at radius 2 is 1.94 bits per heavy atom. The fourth-order valence-electron chi connectivity index (χ4n) is 1.83. The van der Waals surface area contributed by atoms with Crippen LogP contribution >= 0.6 is 23.8 Å². The summed E-state index contributed by atoms with van der Waals surface area (Å²) >= 11 is 11.1. The highest BCUT2D eigenvalue weighted by atomic mass is 35.5. The van der Waals surface area contributed by atoms with E-state index in [1.165, 1.54) is 18.5 Å². The quantitative estimate of drug-likeness (QED) is 0.816. The molecule has 1 aromatic carbocycles. The highest BCUT2D eigenvalue weighted by Crippen LogP contribution is 2.39. The van der Waals surface area contributed by atoms with E-state index >= 15 is 0 Å². The van der Waals surface area contributed by atoms with E-state index in [0.29, 0.717) is 10.6 Å². The molecule has 2 nitrogen and oxygen atoms in total. The maximum atomic E-state index is 5.87. The second kappa shape index (κ2) is 4.24. The molecule has 1 aliphatic rings. The number of halogens is 1. The molecule has 3 rings (SSSR count). The van der Waals surface area contributed by atoms with Gasteiger partial charge < -0.3 is 4.98 Å². The number of nitrogens with zero attached hydrogens (tertiary/aromatic N) is 1. The summed E-state index contributed by atoms with van der Waals surface area (Å²) in [6.07, 6.45) is 2.49. The second-order valence-electron chi connectivity index (χ2n) is 4.30. The first-order valence-electron chi connectivity index (χ1n) is 5.59. The molecule has 0 radical (unpaired) electrons. The van der Waals surface area contributed by atoms with Crippen molar-refractivity contribution in [2.75, 3.05) is 0 Å². The average Bonchev–Trinajstić information content (AvgIpc) is 3.13. The lowest BCUT2D eigenvalue weighted by atomic mass is 10.2. The highest BCUT2D eigenvalue weighted by Gasteiger charge is 2.24. The third-order valence-electron chi connectivity index (χ3n) is 2.90. The van der Waals surface area contributed by atoms with Crippen molar-refractivity contribution >= 4 is 23.8 Å². The van der Waals surface area contributed by atoms with Gasteiger partial charge in [0, 0.05) is 16.3 Å². The molecule has 0 spiro atoms. The van der Waals surface area contributed by atoms with Crippen molar-refractivity contribution in [1.82, 2.24) is 9.97 Å². The summed E-state index contributed by atoms with van der Waals surface area (Å²) in [5.74, 6) is 1.47. The number of hydrogen-bond acceptors (Lipinski definition) is 2. The molecule has 1 fully saturated rings. The molecule has 17 heavy (non-hydrogen) atoms. The standard InChI is InChI=1S/C13H11ClN2S/c14-10-5-3-9(4-6-10)13-15-11(8-1-2-8)7-12(17)16-13/h3-8H,1-2H2,(H,15,16,17). The van der Waals surface area contributed by atoms with Crippen LogP contribution in [0, 0.1) is 4.64 Å². The number of H-pyrrole nitrogens is 1. The molecule has 1 heterocycles. The van der Waals surface area contributed by atoms with Crippen LogP contribution < -0.4 is 0 Å². The SMILES string of the molecule is S=c1cc(C2CC2)[nH]c(-c2ccc(Cl)cc2)n1. The van der Waals surface area contributed by atoms with E-state index in [-0.39, 0.29) is 0 Å². The number of aromatic amines is 1. The Hall–Kier alpha value is -1.19. The van der Waals surface area contributed by atoms with Gasteiger partial charge in [0.1, 0.15) is 10.5 Å². The highest BCUT2D eigenvalue weighted by molar-refractivity contribution is 7.71. The van der Waals surface area contributed by atoms with Crippen LogP contribution in [0.4, 0.5) is 0 Å². The van der Waals surface area contributed by atoms with E-state index in [0.717, 1.165) is 16.4 Å². The number of benzene rings is 1. The van der Waals surface area contributed by atoms with Gasteiger partial charge in [0.2, 0.25) is 0 Å². The smallest absolute Gasteiger partial charge is 0.139 e. The fraction of sp³-hybridized carbons (Fsp3) is 0.231. The molecule has 0 atom stereocenters. The maximum absolute atomic E-state index is 5.87. The molecule has 1 aliphatic carbocycles. The summed E-state index contributed by atoms with van der Waals surface area (Å²) < 4.78 is 0.649. The van der Waals surface area contributed by atoms with Crippen LogP contribution in [0.2, 0.25) is 5.02 Å². The van der Waals surface area contributed by atoms with Crippen LogP contribution in [0.5, 0.6) is 0 Å². The largest absolute Gasteiger partial charge is 0.343 e. The van der Waals surface area contributed by atoms with Crippen molar-refractivity contribution in [2.24, 2.45) is 0 Å². The van der Waals surface area contributed by atoms with Gasteiger partial charge >= 0.3 is 0 Å². The Balaban J connectivity index is 2.07. The van der Waals surface area contributed by atoms with E-state index in [1.807, 2.05) is 30.3 Å². The molecule has 0 amide bonds. The van der Waals surface area contributed by atoms with Crippen molar-refractivity contribution in [2.45, 2.75) is 18.8 Å². The van der Waals surface area contributed by atoms with Gasteiger partial charge in [-0.25, -0.2) is 4.98 Å². The van der Waals surface area contributed by atoms with Crippen molar-refractivity contribution in [1.29, 1.82) is 0 Å². The van der Waals surface area contributed by atoms with E-state index in [1.54, 1.807) is 0 Å². The summed E-state index contributed by atoms with van der Waals surface area (Å²) in [5.41, 5.74) is 2.22. The van der Waals surface area contributed by atoms with Gasteiger partial charge in [-0.05, 0) is 49.1 Å². The Bertz CT molecular complexity index is 600. The average molecular weight is 263 g/mol. The normalized spacial score (nSPS) is 14.9. The summed E-state index contributed by atoms with van der Waals surface area (Å²) in [6.45, 7) is 0. The zero-order valence-electron chi connectivity index (χ0n) is 9.11. The van der Waals surface area contributed by atoms with E-state index < -0.39 is 0 Å². The van der Waals surface area contributed by atoms with Crippen molar-refractivity contribution in [3.63, 3.8) is 0 Å². The number of nitrogens with one attached hydrogen (secondary N) is 1. The number of rotatable bonds is 2. The summed E-state index contributed by atoms with van der Waals surface area (Å²) in [7, 11) is 0. The van der Waals surface area contributed by atoms with Crippen LogP contribution in [0.15, 0.2) is 30.3 Å². The van der Waals surface area contributed by atoms with Crippen molar-refractivity contribution in [3.8, 4) is 11.4 Å². The van der Waals surface area contributed by atoms with Gasteiger partial charge in [-0.1, -0.05) is 23.8 Å². The summed E-state index contributed by atoms with van der Waals surface area (Å²) in [4.78, 5) is 7.72. The Labute approximate surface area is 110 Å². The number of aromatic nitrogens is 2. The van der Waals surface area contributed by atoms with Crippen molar-refractivity contribution < 1.29 is 0 Å². The van der Waals surface area contributed by atoms with Crippen LogP contribution in [-0.4, -0.2) is 9.97 Å². The molecular weight excluding hydrogens is 252 g/mol. The van der Waals surface area contributed by atoms with Gasteiger partial charge in [0.15, 0.2) is 0 Å². The molecule has 86 valence electrons. The van der Waals surface area contributed by atoms with Gasteiger partial charge in [0.05, 0.1) is 0 Å². The molecule has 0 aliphatic heterocycles. The zero-order valence-corrected chi connectivity index (χ0v) is 10.7. The first kappa shape index (κ1) is 10.9. The zero-order chi connectivity index (χ0) is 11.8. The summed E-state index contributed by atoms with van der Waals surface area (Å²) in [5, 5.41) is 0.727. The van der Waals surface area contributed by atoms with Crippen LogP contribution in [0.25, 0.3) is 11.4 Å². The molecule has 2 aromatic rings. The lowest BCUT2D eigenvalue weighted by Crippen LogP contribution is -1.94. The molecular formula is C13H11ClN2S. The van der Waals surface area contributed by atoms with Gasteiger partial charge in [-0.3, -0.25) is 0 Å². The minimum Gasteiger partial charge on any atom is -0.343 e.